The third-order valence-electron chi connectivity index (χ3n) is 4.84. The average molecular weight is 428 g/mol. The van der Waals surface area contributed by atoms with Gasteiger partial charge in [0.05, 0.1) is 9.88 Å². The predicted molar refractivity (Wildman–Crippen MR) is 102 cm³/mol. The van der Waals surface area contributed by atoms with Crippen LogP contribution in [0.4, 0.5) is 0 Å². The van der Waals surface area contributed by atoms with Crippen LogP contribution in [-0.2, 0) is 14.8 Å². The highest BCUT2D eigenvalue weighted by molar-refractivity contribution is 7.91. The van der Waals surface area contributed by atoms with Crippen molar-refractivity contribution in [3.05, 3.63) is 16.5 Å². The van der Waals surface area contributed by atoms with E-state index in [9.17, 15) is 13.2 Å². The summed E-state index contributed by atoms with van der Waals surface area (Å²) in [6.07, 6.45) is 4.53. The van der Waals surface area contributed by atoms with Crippen molar-refractivity contribution < 1.29 is 13.2 Å². The summed E-state index contributed by atoms with van der Waals surface area (Å²) in [5, 5.41) is 0. The van der Waals surface area contributed by atoms with Gasteiger partial charge < -0.3 is 10.6 Å². The van der Waals surface area contributed by atoms with E-state index in [1.807, 2.05) is 0 Å². The number of thiophene rings is 1. The Hall–Kier alpha value is -0.380. The lowest BCUT2D eigenvalue weighted by atomic mass is 9.81. The van der Waals surface area contributed by atoms with Gasteiger partial charge in [-0.1, -0.05) is 30.9 Å². The highest BCUT2D eigenvalue weighted by atomic mass is 35.5. The molecular formula is C15H23Cl2N3O3S2. The molecule has 2 N–H and O–H groups in total. The van der Waals surface area contributed by atoms with Gasteiger partial charge in [0.1, 0.15) is 4.21 Å². The Morgan fingerprint density at radius 1 is 1.12 bits per heavy atom. The molecule has 142 valence electrons. The second-order valence-corrected chi connectivity index (χ2v) is 10.4. The summed E-state index contributed by atoms with van der Waals surface area (Å²) >= 11 is 6.89. The zero-order chi connectivity index (χ0) is 17.4. The van der Waals surface area contributed by atoms with Crippen molar-refractivity contribution in [3.8, 4) is 0 Å². The van der Waals surface area contributed by atoms with Gasteiger partial charge >= 0.3 is 0 Å². The van der Waals surface area contributed by atoms with Crippen molar-refractivity contribution in [1.29, 1.82) is 0 Å². The van der Waals surface area contributed by atoms with E-state index in [2.05, 4.69) is 0 Å². The van der Waals surface area contributed by atoms with Gasteiger partial charge in [-0.05, 0) is 25.0 Å². The average Bonchev–Trinajstić information content (AvgIpc) is 3.02. The van der Waals surface area contributed by atoms with Gasteiger partial charge in [0, 0.05) is 26.2 Å². The molecule has 1 saturated carbocycles. The highest BCUT2D eigenvalue weighted by Crippen LogP contribution is 2.30. The number of amides is 1. The minimum atomic E-state index is -3.53. The Bertz CT molecular complexity index is 709. The number of nitrogens with two attached hydrogens (primary N) is 1. The summed E-state index contributed by atoms with van der Waals surface area (Å²) in [4.78, 5) is 14.4. The van der Waals surface area contributed by atoms with Crippen molar-refractivity contribution in [2.75, 3.05) is 26.2 Å². The van der Waals surface area contributed by atoms with Gasteiger partial charge in [0.15, 0.2) is 0 Å². The maximum absolute atomic E-state index is 12.7. The van der Waals surface area contributed by atoms with Crippen LogP contribution in [0.25, 0.3) is 0 Å². The van der Waals surface area contributed by atoms with Crippen molar-refractivity contribution in [3.63, 3.8) is 0 Å². The molecule has 1 aromatic heterocycles. The lowest BCUT2D eigenvalue weighted by Crippen LogP contribution is -2.60. The van der Waals surface area contributed by atoms with E-state index in [4.69, 9.17) is 17.3 Å². The van der Waals surface area contributed by atoms with Crippen LogP contribution >= 0.6 is 35.3 Å². The largest absolute Gasteiger partial charge is 0.338 e. The molecule has 0 bridgehead atoms. The molecule has 0 aromatic carbocycles. The molecule has 25 heavy (non-hydrogen) atoms. The maximum Gasteiger partial charge on any atom is 0.252 e. The lowest BCUT2D eigenvalue weighted by Gasteiger charge is -2.40. The topological polar surface area (TPSA) is 83.7 Å². The Balaban J connectivity index is 0.00000225. The number of nitrogens with zero attached hydrogens (tertiary/aromatic N) is 2. The normalized spacial score (nSPS) is 21.6. The highest BCUT2D eigenvalue weighted by Gasteiger charge is 2.40. The third kappa shape index (κ3) is 4.31. The summed E-state index contributed by atoms with van der Waals surface area (Å²) in [7, 11) is -3.53. The van der Waals surface area contributed by atoms with E-state index < -0.39 is 15.6 Å². The van der Waals surface area contributed by atoms with E-state index in [0.29, 0.717) is 30.5 Å². The van der Waals surface area contributed by atoms with Crippen LogP contribution in [-0.4, -0.2) is 55.2 Å². The molecule has 10 heteroatoms. The molecule has 1 aromatic rings. The molecule has 1 aliphatic carbocycles. The smallest absolute Gasteiger partial charge is 0.252 e. The van der Waals surface area contributed by atoms with Gasteiger partial charge in [0.25, 0.3) is 10.0 Å². The fourth-order valence-electron chi connectivity index (χ4n) is 3.41. The van der Waals surface area contributed by atoms with Gasteiger partial charge in [-0.25, -0.2) is 8.42 Å². The molecule has 0 radical (unpaired) electrons. The van der Waals surface area contributed by atoms with Gasteiger partial charge in [0.2, 0.25) is 5.91 Å². The number of hydrogen-bond donors (Lipinski definition) is 1. The van der Waals surface area contributed by atoms with Crippen molar-refractivity contribution in [2.24, 2.45) is 5.73 Å². The first-order valence-corrected chi connectivity index (χ1v) is 10.8. The number of carbonyl (C=O) groups is 1. The molecule has 0 spiro atoms. The van der Waals surface area contributed by atoms with Crippen LogP contribution in [0, 0.1) is 0 Å². The van der Waals surface area contributed by atoms with Crippen LogP contribution in [0.5, 0.6) is 0 Å². The molecule has 2 fully saturated rings. The van der Waals surface area contributed by atoms with E-state index in [0.717, 1.165) is 43.4 Å². The van der Waals surface area contributed by atoms with Crippen LogP contribution < -0.4 is 5.73 Å². The van der Waals surface area contributed by atoms with Crippen LogP contribution in [0.1, 0.15) is 32.1 Å². The molecule has 3 rings (SSSR count). The number of sulfonamides is 1. The number of rotatable bonds is 3. The van der Waals surface area contributed by atoms with E-state index in [1.54, 1.807) is 11.0 Å². The fraction of sp³-hybridized carbons (Fsp3) is 0.667. The molecule has 1 amide bonds. The molecule has 2 aliphatic rings. The van der Waals surface area contributed by atoms with Crippen LogP contribution in [0.15, 0.2) is 16.3 Å². The molecule has 6 nitrogen and oxygen atoms in total. The lowest BCUT2D eigenvalue weighted by molar-refractivity contribution is -0.139. The van der Waals surface area contributed by atoms with Crippen LogP contribution in [0.3, 0.4) is 0 Å². The van der Waals surface area contributed by atoms with E-state index in [1.165, 1.54) is 10.4 Å². The number of carbonyl (C=O) groups excluding carboxylic acids is 1. The molecule has 2 heterocycles. The Morgan fingerprint density at radius 3 is 2.24 bits per heavy atom. The molecule has 0 atom stereocenters. The monoisotopic (exact) mass is 427 g/mol. The molecular weight excluding hydrogens is 405 g/mol. The first-order chi connectivity index (χ1) is 11.3. The van der Waals surface area contributed by atoms with E-state index >= 15 is 0 Å². The molecule has 1 saturated heterocycles. The summed E-state index contributed by atoms with van der Waals surface area (Å²) < 4.78 is 27.3. The zero-order valence-electron chi connectivity index (χ0n) is 13.8. The minimum Gasteiger partial charge on any atom is -0.338 e. The summed E-state index contributed by atoms with van der Waals surface area (Å²) in [6, 6.07) is 3.11. The van der Waals surface area contributed by atoms with E-state index in [-0.39, 0.29) is 22.5 Å². The summed E-state index contributed by atoms with van der Waals surface area (Å²) in [6.45, 7) is 1.35. The van der Waals surface area contributed by atoms with Crippen LogP contribution in [0.2, 0.25) is 4.34 Å². The van der Waals surface area contributed by atoms with Gasteiger partial charge in [-0.2, -0.15) is 4.31 Å². The summed E-state index contributed by atoms with van der Waals surface area (Å²) in [5.74, 6) is -0.0292. The fourth-order valence-corrected chi connectivity index (χ4v) is 6.47. The van der Waals surface area contributed by atoms with Crippen molar-refractivity contribution >= 4 is 51.3 Å². The van der Waals surface area contributed by atoms with Crippen molar-refractivity contribution in [2.45, 2.75) is 41.9 Å². The standard InChI is InChI=1S/C15H22ClN3O3S2.ClH/c16-12-4-5-13(23-12)24(21,22)19-10-8-18(9-11-19)14(20)15(17)6-2-1-3-7-15;/h4-5H,1-3,6-11,17H2;1H. The predicted octanol–water partition coefficient (Wildman–Crippen LogP) is 2.32. The minimum absolute atomic E-state index is 0. The zero-order valence-corrected chi connectivity index (χ0v) is 17.0. The van der Waals surface area contributed by atoms with Gasteiger partial charge in [-0.15, -0.1) is 23.7 Å². The number of hydrogen-bond acceptors (Lipinski definition) is 5. The SMILES string of the molecule is Cl.NC1(C(=O)N2CCN(S(=O)(=O)c3ccc(Cl)s3)CC2)CCCCC1. The number of piperazine rings is 1. The first-order valence-electron chi connectivity index (χ1n) is 8.17. The number of halogens is 2. The Kier molecular flexibility index (Phi) is 6.78. The van der Waals surface area contributed by atoms with Crippen molar-refractivity contribution in [1.82, 2.24) is 9.21 Å². The first kappa shape index (κ1) is 20.9. The Morgan fingerprint density at radius 2 is 1.72 bits per heavy atom. The third-order valence-corrected chi connectivity index (χ3v) is 8.44. The second-order valence-electron chi connectivity index (χ2n) is 6.47. The Labute approximate surface area is 163 Å². The quantitative estimate of drug-likeness (QED) is 0.801. The maximum atomic E-state index is 12.7. The second kappa shape index (κ2) is 8.10. The van der Waals surface area contributed by atoms with Gasteiger partial charge in [-0.3, -0.25) is 4.79 Å². The summed E-state index contributed by atoms with van der Waals surface area (Å²) in [5.41, 5.74) is 5.55. The molecule has 1 aliphatic heterocycles. The molecule has 0 unspecified atom stereocenters.